The molecule has 3 rings (SSSR count). The van der Waals surface area contributed by atoms with Crippen LogP contribution in [-0.4, -0.2) is 46.0 Å². The van der Waals surface area contributed by atoms with Crippen molar-refractivity contribution >= 4 is 28.6 Å². The van der Waals surface area contributed by atoms with Gasteiger partial charge in [0.2, 0.25) is 11.8 Å². The third kappa shape index (κ3) is 6.12. The van der Waals surface area contributed by atoms with E-state index in [1.54, 1.807) is 25.1 Å². The maximum Gasteiger partial charge on any atom is 0.270 e. The van der Waals surface area contributed by atoms with Gasteiger partial charge >= 0.3 is 0 Å². The number of hydrogen-bond donors (Lipinski definition) is 4. The number of benzene rings is 2. The molecule has 1 heterocycles. The molecule has 8 heteroatoms. The van der Waals surface area contributed by atoms with E-state index in [0.717, 1.165) is 10.9 Å². The predicted molar refractivity (Wildman–Crippen MR) is 121 cm³/mol. The molecule has 0 aliphatic rings. The van der Waals surface area contributed by atoms with Crippen LogP contribution in [0.3, 0.4) is 0 Å². The number of fused-ring (bicyclic) bond motifs is 1. The summed E-state index contributed by atoms with van der Waals surface area (Å²) in [6, 6.07) is 18.2. The second-order valence-corrected chi connectivity index (χ2v) is 7.63. The molecule has 0 aliphatic carbocycles. The van der Waals surface area contributed by atoms with Gasteiger partial charge in [-0.1, -0.05) is 54.6 Å². The molecule has 0 fully saturated rings. The second-order valence-electron chi connectivity index (χ2n) is 7.63. The van der Waals surface area contributed by atoms with Crippen LogP contribution in [0.2, 0.25) is 0 Å². The SMILES string of the molecule is C[C@@H](O)[C@H](Cc1ccccc1)NC(=O)[C@H](CC(N)=O)NC(=O)c1ccc2ccccc2n1. The zero-order valence-electron chi connectivity index (χ0n) is 17.7. The van der Waals surface area contributed by atoms with Crippen molar-refractivity contribution in [2.75, 3.05) is 0 Å². The van der Waals surface area contributed by atoms with Crippen LogP contribution in [0.1, 0.15) is 29.4 Å². The van der Waals surface area contributed by atoms with Gasteiger partial charge in [0.15, 0.2) is 0 Å². The highest BCUT2D eigenvalue weighted by atomic mass is 16.3. The Morgan fingerprint density at radius 3 is 2.34 bits per heavy atom. The molecule has 3 amide bonds. The van der Waals surface area contributed by atoms with Gasteiger partial charge in [-0.25, -0.2) is 4.98 Å². The summed E-state index contributed by atoms with van der Waals surface area (Å²) in [7, 11) is 0. The van der Waals surface area contributed by atoms with Crippen molar-refractivity contribution in [2.45, 2.75) is 38.0 Å². The summed E-state index contributed by atoms with van der Waals surface area (Å²) < 4.78 is 0. The van der Waals surface area contributed by atoms with Crippen molar-refractivity contribution in [3.8, 4) is 0 Å². The van der Waals surface area contributed by atoms with Gasteiger partial charge in [-0.15, -0.1) is 0 Å². The largest absolute Gasteiger partial charge is 0.391 e. The van der Waals surface area contributed by atoms with Crippen LogP contribution in [0, 0.1) is 0 Å². The zero-order chi connectivity index (χ0) is 23.1. The van der Waals surface area contributed by atoms with Gasteiger partial charge in [0, 0.05) is 5.39 Å². The number of carbonyl (C=O) groups excluding carboxylic acids is 3. The highest BCUT2D eigenvalue weighted by Crippen LogP contribution is 2.12. The number of nitrogens with two attached hydrogens (primary N) is 1. The Balaban J connectivity index is 1.74. The summed E-state index contributed by atoms with van der Waals surface area (Å²) in [5.41, 5.74) is 6.97. The first-order valence-electron chi connectivity index (χ1n) is 10.3. The number of rotatable bonds is 9. The number of hydrogen-bond acceptors (Lipinski definition) is 5. The van der Waals surface area contributed by atoms with Crippen molar-refractivity contribution in [3.63, 3.8) is 0 Å². The van der Waals surface area contributed by atoms with Gasteiger partial charge < -0.3 is 21.5 Å². The summed E-state index contributed by atoms with van der Waals surface area (Å²) in [4.78, 5) is 41.5. The topological polar surface area (TPSA) is 134 Å². The molecule has 3 aromatic rings. The maximum atomic E-state index is 12.9. The number of aromatic nitrogens is 1. The van der Waals surface area contributed by atoms with Gasteiger partial charge in [0.1, 0.15) is 11.7 Å². The first kappa shape index (κ1) is 22.9. The molecular formula is C24H26N4O4. The number of aliphatic hydroxyl groups is 1. The van der Waals surface area contributed by atoms with Crippen LogP contribution in [0.4, 0.5) is 0 Å². The molecule has 5 N–H and O–H groups in total. The van der Waals surface area contributed by atoms with E-state index < -0.39 is 35.9 Å². The van der Waals surface area contributed by atoms with Gasteiger partial charge in [-0.3, -0.25) is 14.4 Å². The van der Waals surface area contributed by atoms with E-state index in [1.807, 2.05) is 48.5 Å². The van der Waals surface area contributed by atoms with Gasteiger partial charge in [0.05, 0.1) is 24.1 Å². The molecule has 3 atom stereocenters. The fourth-order valence-electron chi connectivity index (χ4n) is 3.33. The molecule has 0 spiro atoms. The Morgan fingerprint density at radius 2 is 1.66 bits per heavy atom. The minimum absolute atomic E-state index is 0.113. The lowest BCUT2D eigenvalue weighted by Gasteiger charge is -2.25. The summed E-state index contributed by atoms with van der Waals surface area (Å²) in [5, 5.41) is 16.3. The minimum Gasteiger partial charge on any atom is -0.391 e. The van der Waals surface area contributed by atoms with Crippen LogP contribution in [-0.2, 0) is 16.0 Å². The lowest BCUT2D eigenvalue weighted by Crippen LogP contribution is -2.53. The van der Waals surface area contributed by atoms with E-state index in [4.69, 9.17) is 5.73 Å². The predicted octanol–water partition coefficient (Wildman–Crippen LogP) is 1.32. The molecule has 166 valence electrons. The molecule has 0 saturated heterocycles. The zero-order valence-corrected chi connectivity index (χ0v) is 17.7. The number of para-hydroxylation sites is 1. The number of carbonyl (C=O) groups is 3. The molecule has 8 nitrogen and oxygen atoms in total. The number of nitrogens with one attached hydrogen (secondary N) is 2. The summed E-state index contributed by atoms with van der Waals surface area (Å²) in [6.07, 6.45) is -0.859. The molecule has 0 saturated carbocycles. The van der Waals surface area contributed by atoms with Crippen molar-refractivity contribution in [2.24, 2.45) is 5.73 Å². The standard InChI is InChI=1S/C24H26N4O4/c1-15(29)20(13-16-7-3-2-4-8-16)27-24(32)21(14-22(25)30)28-23(31)19-12-11-17-9-5-6-10-18(17)26-19/h2-12,15,20-21,29H,13-14H2,1H3,(H2,25,30)(H,27,32)(H,28,31)/t15-,20+,21+/m1/s1. The maximum absolute atomic E-state index is 12.9. The number of pyridine rings is 1. The minimum atomic E-state index is -1.20. The summed E-state index contributed by atoms with van der Waals surface area (Å²) in [6.45, 7) is 1.56. The Morgan fingerprint density at radius 1 is 0.969 bits per heavy atom. The smallest absolute Gasteiger partial charge is 0.270 e. The van der Waals surface area contributed by atoms with E-state index >= 15 is 0 Å². The van der Waals surface area contributed by atoms with Gasteiger partial charge in [0.25, 0.3) is 5.91 Å². The third-order valence-corrected chi connectivity index (χ3v) is 5.07. The molecule has 2 aromatic carbocycles. The van der Waals surface area contributed by atoms with Crippen molar-refractivity contribution in [3.05, 3.63) is 78.0 Å². The van der Waals surface area contributed by atoms with Gasteiger partial charge in [-0.2, -0.15) is 0 Å². The molecule has 0 aliphatic heterocycles. The van der Waals surface area contributed by atoms with Gasteiger partial charge in [-0.05, 0) is 31.0 Å². The van der Waals surface area contributed by atoms with Crippen LogP contribution in [0.5, 0.6) is 0 Å². The Hall–Kier alpha value is -3.78. The average molecular weight is 434 g/mol. The van der Waals surface area contributed by atoms with E-state index in [-0.39, 0.29) is 12.1 Å². The number of nitrogens with zero attached hydrogens (tertiary/aromatic N) is 1. The Kier molecular flexibility index (Phi) is 7.51. The Bertz CT molecular complexity index is 1100. The fraction of sp³-hybridized carbons (Fsp3) is 0.250. The number of aliphatic hydroxyl groups excluding tert-OH is 1. The molecule has 0 bridgehead atoms. The van der Waals surface area contributed by atoms with Crippen molar-refractivity contribution < 1.29 is 19.5 Å². The monoisotopic (exact) mass is 434 g/mol. The molecule has 1 aromatic heterocycles. The molecule has 32 heavy (non-hydrogen) atoms. The van der Waals surface area contributed by atoms with E-state index in [2.05, 4.69) is 15.6 Å². The van der Waals surface area contributed by atoms with Crippen LogP contribution in [0.15, 0.2) is 66.7 Å². The quantitative estimate of drug-likeness (QED) is 0.403. The average Bonchev–Trinajstić information content (AvgIpc) is 2.78. The first-order valence-corrected chi connectivity index (χ1v) is 10.3. The number of primary amides is 1. The molecular weight excluding hydrogens is 408 g/mol. The first-order chi connectivity index (χ1) is 15.3. The van der Waals surface area contributed by atoms with E-state index in [9.17, 15) is 19.5 Å². The Labute approximate surface area is 185 Å². The fourth-order valence-corrected chi connectivity index (χ4v) is 3.33. The highest BCUT2D eigenvalue weighted by molar-refractivity contribution is 5.99. The molecule has 0 unspecified atom stereocenters. The van der Waals surface area contributed by atoms with Crippen LogP contribution in [0.25, 0.3) is 10.9 Å². The van der Waals surface area contributed by atoms with E-state index in [1.165, 1.54) is 0 Å². The van der Waals surface area contributed by atoms with Crippen LogP contribution < -0.4 is 16.4 Å². The molecule has 0 radical (unpaired) electrons. The third-order valence-electron chi connectivity index (χ3n) is 5.07. The normalized spacial score (nSPS) is 13.7. The number of amides is 3. The van der Waals surface area contributed by atoms with E-state index in [0.29, 0.717) is 11.9 Å². The highest BCUT2D eigenvalue weighted by Gasteiger charge is 2.27. The van der Waals surface area contributed by atoms with Crippen molar-refractivity contribution in [1.29, 1.82) is 0 Å². The van der Waals surface area contributed by atoms with Crippen molar-refractivity contribution in [1.82, 2.24) is 15.6 Å². The second kappa shape index (κ2) is 10.5. The van der Waals surface area contributed by atoms with Crippen LogP contribution >= 0.6 is 0 Å². The summed E-state index contributed by atoms with van der Waals surface area (Å²) in [5.74, 6) is -1.96. The lowest BCUT2D eigenvalue weighted by molar-refractivity contribution is -0.128. The lowest BCUT2D eigenvalue weighted by atomic mass is 10.0. The summed E-state index contributed by atoms with van der Waals surface area (Å²) >= 11 is 0.